The number of carbonyl (C=O) groups excluding carboxylic acids is 2. The van der Waals surface area contributed by atoms with E-state index in [4.69, 9.17) is 4.74 Å². The van der Waals surface area contributed by atoms with Gasteiger partial charge >= 0.3 is 0 Å². The van der Waals surface area contributed by atoms with Gasteiger partial charge in [0.05, 0.1) is 12.2 Å². The molecule has 2 aromatic rings. The van der Waals surface area contributed by atoms with Crippen molar-refractivity contribution in [3.63, 3.8) is 0 Å². The van der Waals surface area contributed by atoms with E-state index in [1.807, 2.05) is 43.3 Å². The first-order valence-corrected chi connectivity index (χ1v) is 10.5. The highest BCUT2D eigenvalue weighted by Gasteiger charge is 2.29. The van der Waals surface area contributed by atoms with E-state index in [9.17, 15) is 9.59 Å². The molecule has 2 amide bonds. The van der Waals surface area contributed by atoms with Gasteiger partial charge in [0.1, 0.15) is 5.75 Å². The Morgan fingerprint density at radius 1 is 1.03 bits per heavy atom. The van der Waals surface area contributed by atoms with Crippen LogP contribution in [0.15, 0.2) is 42.5 Å². The normalized spacial score (nSPS) is 13.0. The minimum Gasteiger partial charge on any atom is -0.493 e. The molecule has 5 heteroatoms. The maximum absolute atomic E-state index is 12.8. The Hall–Kier alpha value is -2.82. The molecule has 1 aliphatic carbocycles. The lowest BCUT2D eigenvalue weighted by atomic mass is 10.1. The predicted molar refractivity (Wildman–Crippen MR) is 117 cm³/mol. The summed E-state index contributed by atoms with van der Waals surface area (Å²) >= 11 is 0. The van der Waals surface area contributed by atoms with E-state index < -0.39 is 0 Å². The molecule has 0 atom stereocenters. The standard InChI is InChI=1S/C24H30N2O3/c1-3-4-5-8-15-29-22-10-7-6-9-20(22)24(28)25-19-14-11-17(2)21(16-19)26-23(27)18-12-13-18/h6-7,9-11,14,16,18H,3-5,8,12-13,15H2,1-2H3,(H,25,28)(H,26,27). The van der Waals surface area contributed by atoms with Gasteiger partial charge < -0.3 is 15.4 Å². The number of hydrogen-bond donors (Lipinski definition) is 2. The van der Waals surface area contributed by atoms with E-state index in [2.05, 4.69) is 17.6 Å². The summed E-state index contributed by atoms with van der Waals surface area (Å²) in [7, 11) is 0. The summed E-state index contributed by atoms with van der Waals surface area (Å²) in [6.45, 7) is 4.72. The minimum absolute atomic E-state index is 0.0541. The van der Waals surface area contributed by atoms with Crippen LogP contribution >= 0.6 is 0 Å². The lowest BCUT2D eigenvalue weighted by molar-refractivity contribution is -0.117. The molecular weight excluding hydrogens is 364 g/mol. The molecule has 154 valence electrons. The van der Waals surface area contributed by atoms with Crippen molar-refractivity contribution in [3.05, 3.63) is 53.6 Å². The molecule has 0 aliphatic heterocycles. The topological polar surface area (TPSA) is 67.4 Å². The highest BCUT2D eigenvalue weighted by Crippen LogP contribution is 2.31. The number of unbranched alkanes of at least 4 members (excludes halogenated alkanes) is 3. The summed E-state index contributed by atoms with van der Waals surface area (Å²) in [6, 6.07) is 12.8. The Kier molecular flexibility index (Phi) is 7.28. The molecule has 0 saturated heterocycles. The van der Waals surface area contributed by atoms with Crippen molar-refractivity contribution in [1.82, 2.24) is 0 Å². The summed E-state index contributed by atoms with van der Waals surface area (Å²) in [5.41, 5.74) is 2.85. The van der Waals surface area contributed by atoms with Crippen LogP contribution in [0, 0.1) is 12.8 Å². The molecule has 1 saturated carbocycles. The van der Waals surface area contributed by atoms with E-state index in [1.54, 1.807) is 6.07 Å². The number of rotatable bonds is 10. The molecule has 2 aromatic carbocycles. The van der Waals surface area contributed by atoms with Gasteiger partial charge in [0.2, 0.25) is 5.91 Å². The lowest BCUT2D eigenvalue weighted by Gasteiger charge is -2.13. The number of amides is 2. The van der Waals surface area contributed by atoms with E-state index in [0.29, 0.717) is 23.6 Å². The Morgan fingerprint density at radius 2 is 1.83 bits per heavy atom. The average Bonchev–Trinajstić information content (AvgIpc) is 3.56. The fraction of sp³-hybridized carbons (Fsp3) is 0.417. The van der Waals surface area contributed by atoms with Gasteiger partial charge in [-0.25, -0.2) is 0 Å². The molecule has 1 fully saturated rings. The average molecular weight is 395 g/mol. The molecule has 0 heterocycles. The van der Waals surface area contributed by atoms with Gasteiger partial charge in [-0.1, -0.05) is 44.4 Å². The van der Waals surface area contributed by atoms with Crippen LogP contribution in [0.1, 0.15) is 61.4 Å². The third kappa shape index (κ3) is 6.08. The number of carbonyl (C=O) groups is 2. The van der Waals surface area contributed by atoms with Crippen molar-refractivity contribution in [3.8, 4) is 5.75 Å². The zero-order valence-electron chi connectivity index (χ0n) is 17.3. The van der Waals surface area contributed by atoms with Crippen LogP contribution in [0.25, 0.3) is 0 Å². The van der Waals surface area contributed by atoms with Crippen LogP contribution in [0.2, 0.25) is 0 Å². The molecule has 0 spiro atoms. The lowest BCUT2D eigenvalue weighted by Crippen LogP contribution is -2.16. The maximum Gasteiger partial charge on any atom is 0.259 e. The zero-order valence-corrected chi connectivity index (χ0v) is 17.3. The van der Waals surface area contributed by atoms with Crippen molar-refractivity contribution in [2.24, 2.45) is 5.92 Å². The number of ether oxygens (including phenoxy) is 1. The monoisotopic (exact) mass is 394 g/mol. The maximum atomic E-state index is 12.8. The van der Waals surface area contributed by atoms with Crippen molar-refractivity contribution >= 4 is 23.2 Å². The van der Waals surface area contributed by atoms with Gasteiger partial charge in [0.15, 0.2) is 0 Å². The van der Waals surface area contributed by atoms with Crippen molar-refractivity contribution in [2.75, 3.05) is 17.2 Å². The van der Waals surface area contributed by atoms with Gasteiger partial charge in [-0.2, -0.15) is 0 Å². The summed E-state index contributed by atoms with van der Waals surface area (Å²) in [6.07, 6.45) is 6.39. The predicted octanol–water partition coefficient (Wildman–Crippen LogP) is 5.55. The summed E-state index contributed by atoms with van der Waals surface area (Å²) in [4.78, 5) is 24.9. The molecular formula is C24H30N2O3. The number of aryl methyl sites for hydroxylation is 1. The molecule has 0 bridgehead atoms. The summed E-state index contributed by atoms with van der Waals surface area (Å²) < 4.78 is 5.85. The Labute approximate surface area is 172 Å². The second-order valence-corrected chi connectivity index (χ2v) is 7.65. The van der Waals surface area contributed by atoms with Crippen LogP contribution in [0.3, 0.4) is 0 Å². The van der Waals surface area contributed by atoms with Gasteiger partial charge in [-0.05, 0) is 56.0 Å². The second kappa shape index (κ2) is 10.1. The van der Waals surface area contributed by atoms with Crippen molar-refractivity contribution < 1.29 is 14.3 Å². The quantitative estimate of drug-likeness (QED) is 0.519. The smallest absolute Gasteiger partial charge is 0.259 e. The Bertz CT molecular complexity index is 859. The summed E-state index contributed by atoms with van der Waals surface area (Å²) in [5.74, 6) is 0.556. The fourth-order valence-electron chi connectivity index (χ4n) is 3.10. The van der Waals surface area contributed by atoms with Crippen LogP contribution in [-0.4, -0.2) is 18.4 Å². The van der Waals surface area contributed by atoms with Gasteiger partial charge in [-0.15, -0.1) is 0 Å². The first kappa shape index (κ1) is 20.9. The van der Waals surface area contributed by atoms with Crippen molar-refractivity contribution in [1.29, 1.82) is 0 Å². The largest absolute Gasteiger partial charge is 0.493 e. The highest BCUT2D eigenvalue weighted by atomic mass is 16.5. The SMILES string of the molecule is CCCCCCOc1ccccc1C(=O)Nc1ccc(C)c(NC(=O)C2CC2)c1. The first-order chi connectivity index (χ1) is 14.1. The number of para-hydroxylation sites is 1. The molecule has 29 heavy (non-hydrogen) atoms. The molecule has 1 aliphatic rings. The zero-order chi connectivity index (χ0) is 20.6. The number of benzene rings is 2. The van der Waals surface area contributed by atoms with E-state index in [0.717, 1.165) is 36.9 Å². The Morgan fingerprint density at radius 3 is 2.59 bits per heavy atom. The van der Waals surface area contributed by atoms with E-state index >= 15 is 0 Å². The fourth-order valence-corrected chi connectivity index (χ4v) is 3.10. The third-order valence-corrected chi connectivity index (χ3v) is 5.09. The van der Waals surface area contributed by atoms with Crippen LogP contribution < -0.4 is 15.4 Å². The molecule has 2 N–H and O–H groups in total. The molecule has 5 nitrogen and oxygen atoms in total. The highest BCUT2D eigenvalue weighted by molar-refractivity contribution is 6.06. The minimum atomic E-state index is -0.225. The molecule has 3 rings (SSSR count). The number of nitrogens with one attached hydrogen (secondary N) is 2. The van der Waals surface area contributed by atoms with E-state index in [-0.39, 0.29) is 17.7 Å². The molecule has 0 aromatic heterocycles. The number of anilines is 2. The van der Waals surface area contributed by atoms with E-state index in [1.165, 1.54) is 12.8 Å². The molecule has 0 radical (unpaired) electrons. The third-order valence-electron chi connectivity index (χ3n) is 5.09. The van der Waals surface area contributed by atoms with Crippen LogP contribution in [0.4, 0.5) is 11.4 Å². The van der Waals surface area contributed by atoms with Crippen molar-refractivity contribution in [2.45, 2.75) is 52.4 Å². The first-order valence-electron chi connectivity index (χ1n) is 10.5. The number of hydrogen-bond acceptors (Lipinski definition) is 3. The van der Waals surface area contributed by atoms with Gasteiger partial charge in [0.25, 0.3) is 5.91 Å². The Balaban J connectivity index is 1.64. The van der Waals surface area contributed by atoms with Gasteiger partial charge in [-0.3, -0.25) is 9.59 Å². The van der Waals surface area contributed by atoms with Gasteiger partial charge in [0, 0.05) is 17.3 Å². The van der Waals surface area contributed by atoms with Crippen LogP contribution in [0.5, 0.6) is 5.75 Å². The second-order valence-electron chi connectivity index (χ2n) is 7.65. The summed E-state index contributed by atoms with van der Waals surface area (Å²) in [5, 5.41) is 5.89. The molecule has 0 unspecified atom stereocenters. The van der Waals surface area contributed by atoms with Crippen LogP contribution in [-0.2, 0) is 4.79 Å².